The summed E-state index contributed by atoms with van der Waals surface area (Å²) < 4.78 is 9.60. The van der Waals surface area contributed by atoms with Crippen molar-refractivity contribution in [1.29, 1.82) is 0 Å². The van der Waals surface area contributed by atoms with Crippen LogP contribution in [0.4, 0.5) is 0 Å². The number of esters is 2. The molecule has 0 unspecified atom stereocenters. The van der Waals surface area contributed by atoms with E-state index in [0.717, 1.165) is 0 Å². The van der Waals surface area contributed by atoms with Gasteiger partial charge in [0.15, 0.2) is 0 Å². The molecule has 4 nitrogen and oxygen atoms in total. The minimum Gasteiger partial charge on any atom is -0.393 e. The molecule has 0 aromatic heterocycles. The van der Waals surface area contributed by atoms with Crippen LogP contribution in [0.5, 0.6) is 0 Å². The quantitative estimate of drug-likeness (QED) is 0.372. The Labute approximate surface area is 84.6 Å². The molecular weight excluding hydrogens is 184 g/mol. The van der Waals surface area contributed by atoms with E-state index in [0.29, 0.717) is 19.6 Å². The summed E-state index contributed by atoms with van der Waals surface area (Å²) in [5.74, 6) is -1.19. The van der Waals surface area contributed by atoms with Gasteiger partial charge in [-0.05, 0) is 13.3 Å². The normalized spacial score (nSPS) is 10.3. The lowest BCUT2D eigenvalue weighted by Gasteiger charge is -2.04. The Kier molecular flexibility index (Phi) is 7.02. The first-order valence-electron chi connectivity index (χ1n) is 4.90. The van der Waals surface area contributed by atoms with E-state index >= 15 is 0 Å². The first-order chi connectivity index (χ1) is 6.57. The van der Waals surface area contributed by atoms with Gasteiger partial charge in [-0.1, -0.05) is 13.8 Å². The molecule has 0 aliphatic heterocycles. The summed E-state index contributed by atoms with van der Waals surface area (Å²) in [5.41, 5.74) is 0. The summed E-state index contributed by atoms with van der Waals surface area (Å²) in [6.45, 7) is 6.44. The van der Waals surface area contributed by atoms with Gasteiger partial charge in [0, 0.05) is 19.6 Å². The average molecular weight is 202 g/mol. The number of rotatable bonds is 6. The van der Waals surface area contributed by atoms with E-state index in [-0.39, 0.29) is 12.3 Å². The Morgan fingerprint density at radius 3 is 2.43 bits per heavy atom. The number of hydrogen-bond acceptors (Lipinski definition) is 4. The van der Waals surface area contributed by atoms with E-state index in [2.05, 4.69) is 4.74 Å². The zero-order valence-corrected chi connectivity index (χ0v) is 9.04. The molecule has 0 aliphatic rings. The van der Waals surface area contributed by atoms with Gasteiger partial charge >= 0.3 is 11.9 Å². The van der Waals surface area contributed by atoms with Gasteiger partial charge in [0.05, 0.1) is 5.92 Å². The SMILES string of the molecule is CCOCCCC(=O)OC(=O)C(C)C. The van der Waals surface area contributed by atoms with Crippen LogP contribution in [0, 0.1) is 5.92 Å². The van der Waals surface area contributed by atoms with Gasteiger partial charge in [0.1, 0.15) is 0 Å². The highest BCUT2D eigenvalue weighted by Crippen LogP contribution is 2.00. The molecule has 0 rings (SSSR count). The largest absolute Gasteiger partial charge is 0.393 e. The lowest BCUT2D eigenvalue weighted by atomic mass is 10.2. The molecule has 0 aliphatic carbocycles. The second-order valence-corrected chi connectivity index (χ2v) is 3.25. The van der Waals surface area contributed by atoms with Crippen molar-refractivity contribution in [3.63, 3.8) is 0 Å². The van der Waals surface area contributed by atoms with Crippen LogP contribution in [0.3, 0.4) is 0 Å². The molecule has 0 amide bonds. The standard InChI is InChI=1S/C10H18O4/c1-4-13-7-5-6-9(11)14-10(12)8(2)3/h8H,4-7H2,1-3H3. The molecule has 0 radical (unpaired) electrons. The molecular formula is C10H18O4. The fourth-order valence-corrected chi connectivity index (χ4v) is 0.744. The Morgan fingerprint density at radius 1 is 1.29 bits per heavy atom. The lowest BCUT2D eigenvalue weighted by molar-refractivity contribution is -0.162. The Morgan fingerprint density at radius 2 is 1.93 bits per heavy atom. The number of carbonyl (C=O) groups is 2. The highest BCUT2D eigenvalue weighted by molar-refractivity contribution is 5.86. The highest BCUT2D eigenvalue weighted by Gasteiger charge is 2.13. The zero-order valence-electron chi connectivity index (χ0n) is 9.04. The second-order valence-electron chi connectivity index (χ2n) is 3.25. The van der Waals surface area contributed by atoms with Crippen LogP contribution in [0.25, 0.3) is 0 Å². The Balaban J connectivity index is 3.51. The third-order valence-electron chi connectivity index (χ3n) is 1.56. The average Bonchev–Trinajstić information content (AvgIpc) is 2.12. The van der Waals surface area contributed by atoms with Crippen molar-refractivity contribution in [3.05, 3.63) is 0 Å². The van der Waals surface area contributed by atoms with Crippen molar-refractivity contribution in [2.75, 3.05) is 13.2 Å². The van der Waals surface area contributed by atoms with E-state index in [1.807, 2.05) is 6.92 Å². The van der Waals surface area contributed by atoms with Gasteiger partial charge in [0.2, 0.25) is 0 Å². The maximum Gasteiger partial charge on any atom is 0.316 e. The van der Waals surface area contributed by atoms with Crippen molar-refractivity contribution in [2.45, 2.75) is 33.6 Å². The predicted molar refractivity (Wildman–Crippen MR) is 51.7 cm³/mol. The van der Waals surface area contributed by atoms with Crippen LogP contribution in [0.1, 0.15) is 33.6 Å². The minimum absolute atomic E-state index is 0.235. The summed E-state index contributed by atoms with van der Waals surface area (Å²) >= 11 is 0. The summed E-state index contributed by atoms with van der Waals surface area (Å²) in [4.78, 5) is 22.0. The number of carbonyl (C=O) groups excluding carboxylic acids is 2. The zero-order chi connectivity index (χ0) is 11.0. The molecule has 0 atom stereocenters. The Bertz CT molecular complexity index is 187. The van der Waals surface area contributed by atoms with Crippen LogP contribution in [0.2, 0.25) is 0 Å². The molecule has 0 aromatic rings. The van der Waals surface area contributed by atoms with Gasteiger partial charge in [-0.15, -0.1) is 0 Å². The number of ether oxygens (including phenoxy) is 2. The minimum atomic E-state index is -0.469. The molecule has 0 aromatic carbocycles. The monoisotopic (exact) mass is 202 g/mol. The summed E-state index contributed by atoms with van der Waals surface area (Å²) in [6.07, 6.45) is 0.830. The maximum absolute atomic E-state index is 11.0. The van der Waals surface area contributed by atoms with E-state index in [1.165, 1.54) is 0 Å². The van der Waals surface area contributed by atoms with E-state index in [1.54, 1.807) is 13.8 Å². The third kappa shape index (κ3) is 6.60. The van der Waals surface area contributed by atoms with E-state index in [4.69, 9.17) is 4.74 Å². The van der Waals surface area contributed by atoms with Crippen LogP contribution in [-0.4, -0.2) is 25.2 Å². The fraction of sp³-hybridized carbons (Fsp3) is 0.800. The Hall–Kier alpha value is -0.900. The van der Waals surface area contributed by atoms with Gasteiger partial charge in [0.25, 0.3) is 0 Å². The van der Waals surface area contributed by atoms with Crippen LogP contribution >= 0.6 is 0 Å². The molecule has 0 spiro atoms. The smallest absolute Gasteiger partial charge is 0.316 e. The van der Waals surface area contributed by atoms with E-state index < -0.39 is 11.9 Å². The van der Waals surface area contributed by atoms with Crippen molar-refractivity contribution >= 4 is 11.9 Å². The van der Waals surface area contributed by atoms with Gasteiger partial charge < -0.3 is 9.47 Å². The predicted octanol–water partition coefficient (Wildman–Crippen LogP) is 1.53. The second kappa shape index (κ2) is 7.50. The molecule has 0 fully saturated rings. The maximum atomic E-state index is 11.0. The first kappa shape index (κ1) is 13.1. The molecule has 0 heterocycles. The lowest BCUT2D eigenvalue weighted by Crippen LogP contribution is -2.17. The molecule has 0 saturated heterocycles. The molecule has 0 saturated carbocycles. The molecule has 4 heteroatoms. The molecule has 82 valence electrons. The van der Waals surface area contributed by atoms with Gasteiger partial charge in [-0.3, -0.25) is 9.59 Å². The van der Waals surface area contributed by atoms with Crippen LogP contribution in [-0.2, 0) is 19.1 Å². The summed E-state index contributed by atoms with van der Waals surface area (Å²) in [7, 11) is 0. The summed E-state index contributed by atoms with van der Waals surface area (Å²) in [6, 6.07) is 0. The van der Waals surface area contributed by atoms with Crippen molar-refractivity contribution in [1.82, 2.24) is 0 Å². The third-order valence-corrected chi connectivity index (χ3v) is 1.56. The first-order valence-corrected chi connectivity index (χ1v) is 4.90. The van der Waals surface area contributed by atoms with E-state index in [9.17, 15) is 9.59 Å². The van der Waals surface area contributed by atoms with Gasteiger partial charge in [-0.2, -0.15) is 0 Å². The van der Waals surface area contributed by atoms with Crippen LogP contribution in [0.15, 0.2) is 0 Å². The fourth-order valence-electron chi connectivity index (χ4n) is 0.744. The van der Waals surface area contributed by atoms with Gasteiger partial charge in [-0.25, -0.2) is 0 Å². The summed E-state index contributed by atoms with van der Waals surface area (Å²) in [5, 5.41) is 0. The van der Waals surface area contributed by atoms with Crippen molar-refractivity contribution in [2.24, 2.45) is 5.92 Å². The van der Waals surface area contributed by atoms with Crippen molar-refractivity contribution in [3.8, 4) is 0 Å². The van der Waals surface area contributed by atoms with Crippen molar-refractivity contribution < 1.29 is 19.1 Å². The topological polar surface area (TPSA) is 52.6 Å². The molecule has 0 N–H and O–H groups in total. The highest BCUT2D eigenvalue weighted by atomic mass is 16.6. The molecule has 0 bridgehead atoms. The number of hydrogen-bond donors (Lipinski definition) is 0. The molecule has 14 heavy (non-hydrogen) atoms. The van der Waals surface area contributed by atoms with Crippen LogP contribution < -0.4 is 0 Å².